The molecule has 0 radical (unpaired) electrons. The van der Waals surface area contributed by atoms with E-state index < -0.39 is 0 Å². The minimum Gasteiger partial charge on any atom is -0.465 e. The predicted octanol–water partition coefficient (Wildman–Crippen LogP) is 2.50. The van der Waals surface area contributed by atoms with E-state index in [0.29, 0.717) is 6.54 Å². The number of likely N-dealkylation sites (tertiary alicyclic amines) is 2. The second kappa shape index (κ2) is 6.95. The minimum atomic E-state index is 0.498. The number of aryl methyl sites for hydroxylation is 1. The monoisotopic (exact) mass is 291 g/mol. The fraction of sp³-hybridized carbons (Fsp3) is 0.765. The van der Waals surface area contributed by atoms with Crippen molar-refractivity contribution in [3.63, 3.8) is 0 Å². The van der Waals surface area contributed by atoms with Crippen LogP contribution in [0.15, 0.2) is 10.5 Å². The van der Waals surface area contributed by atoms with E-state index in [1.54, 1.807) is 0 Å². The lowest BCUT2D eigenvalue weighted by Gasteiger charge is -2.40. The van der Waals surface area contributed by atoms with Gasteiger partial charge in [-0.15, -0.1) is 0 Å². The van der Waals surface area contributed by atoms with Crippen molar-refractivity contribution in [3.8, 4) is 0 Å². The third kappa shape index (κ3) is 3.68. The first-order valence-corrected chi connectivity index (χ1v) is 8.51. The van der Waals surface area contributed by atoms with Crippen molar-refractivity contribution >= 4 is 0 Å². The Morgan fingerprint density at radius 2 is 1.86 bits per heavy atom. The van der Waals surface area contributed by atoms with Gasteiger partial charge in [-0.2, -0.15) is 0 Å². The zero-order valence-electron chi connectivity index (χ0n) is 13.3. The minimum absolute atomic E-state index is 0.498. The van der Waals surface area contributed by atoms with Crippen LogP contribution in [0.4, 0.5) is 0 Å². The number of furan rings is 1. The van der Waals surface area contributed by atoms with Gasteiger partial charge in [0.05, 0.1) is 6.54 Å². The van der Waals surface area contributed by atoms with Crippen LogP contribution in [0, 0.1) is 6.92 Å². The van der Waals surface area contributed by atoms with Gasteiger partial charge in [-0.05, 0) is 64.9 Å². The first-order valence-electron chi connectivity index (χ1n) is 8.51. The first-order chi connectivity index (χ1) is 10.3. The summed E-state index contributed by atoms with van der Waals surface area (Å²) in [5.74, 6) is 1.94. The van der Waals surface area contributed by atoms with Crippen molar-refractivity contribution in [1.29, 1.82) is 0 Å². The SMILES string of the molecule is Cc1oc(CN)cc1CN1CCC(N2CCCCC2)CC1. The lowest BCUT2D eigenvalue weighted by Crippen LogP contribution is -2.46. The maximum absolute atomic E-state index is 5.66. The molecule has 118 valence electrons. The average Bonchev–Trinajstić information content (AvgIpc) is 2.89. The summed E-state index contributed by atoms with van der Waals surface area (Å²) in [4.78, 5) is 5.30. The molecule has 0 aromatic carbocycles. The summed E-state index contributed by atoms with van der Waals surface area (Å²) in [7, 11) is 0. The van der Waals surface area contributed by atoms with Crippen molar-refractivity contribution < 1.29 is 4.42 Å². The van der Waals surface area contributed by atoms with E-state index in [1.165, 1.54) is 63.8 Å². The highest BCUT2D eigenvalue weighted by atomic mass is 16.3. The van der Waals surface area contributed by atoms with Crippen LogP contribution in [0.2, 0.25) is 0 Å². The summed E-state index contributed by atoms with van der Waals surface area (Å²) in [6.45, 7) is 8.64. The van der Waals surface area contributed by atoms with Gasteiger partial charge in [-0.25, -0.2) is 0 Å². The zero-order chi connectivity index (χ0) is 14.7. The van der Waals surface area contributed by atoms with E-state index in [1.807, 2.05) is 0 Å². The number of rotatable bonds is 4. The van der Waals surface area contributed by atoms with E-state index in [-0.39, 0.29) is 0 Å². The summed E-state index contributed by atoms with van der Waals surface area (Å²) >= 11 is 0. The molecule has 0 amide bonds. The van der Waals surface area contributed by atoms with Gasteiger partial charge in [0.1, 0.15) is 11.5 Å². The second-order valence-electron chi connectivity index (χ2n) is 6.60. The van der Waals surface area contributed by atoms with Crippen LogP contribution in [-0.4, -0.2) is 42.0 Å². The largest absolute Gasteiger partial charge is 0.465 e. The summed E-state index contributed by atoms with van der Waals surface area (Å²) < 4.78 is 5.66. The van der Waals surface area contributed by atoms with E-state index in [2.05, 4.69) is 22.8 Å². The summed E-state index contributed by atoms with van der Waals surface area (Å²) in [6, 6.07) is 2.96. The van der Waals surface area contributed by atoms with Crippen molar-refractivity contribution in [3.05, 3.63) is 23.2 Å². The number of hydrogen-bond acceptors (Lipinski definition) is 4. The summed E-state index contributed by atoms with van der Waals surface area (Å²) in [5.41, 5.74) is 6.97. The van der Waals surface area contributed by atoms with Crippen LogP contribution in [0.3, 0.4) is 0 Å². The standard InChI is InChI=1S/C17H29N3O/c1-14-15(11-17(12-18)21-14)13-19-9-5-16(6-10-19)20-7-3-2-4-8-20/h11,16H,2-10,12-13,18H2,1H3. The first kappa shape index (κ1) is 15.1. The smallest absolute Gasteiger partial charge is 0.118 e. The van der Waals surface area contributed by atoms with E-state index in [0.717, 1.165) is 24.1 Å². The normalized spacial score (nSPS) is 22.8. The number of nitrogens with zero attached hydrogens (tertiary/aromatic N) is 2. The maximum Gasteiger partial charge on any atom is 0.118 e. The third-order valence-electron chi connectivity index (χ3n) is 5.13. The van der Waals surface area contributed by atoms with Crippen LogP contribution < -0.4 is 5.73 Å². The molecule has 0 aliphatic carbocycles. The Kier molecular flexibility index (Phi) is 4.99. The molecule has 0 atom stereocenters. The Morgan fingerprint density at radius 3 is 2.48 bits per heavy atom. The Bertz CT molecular complexity index is 443. The Balaban J connectivity index is 1.50. The van der Waals surface area contributed by atoms with E-state index in [4.69, 9.17) is 10.2 Å². The van der Waals surface area contributed by atoms with Crippen molar-refractivity contribution in [2.45, 2.75) is 58.2 Å². The highest BCUT2D eigenvalue weighted by Gasteiger charge is 2.25. The molecule has 2 aliphatic rings. The van der Waals surface area contributed by atoms with Crippen LogP contribution in [-0.2, 0) is 13.1 Å². The predicted molar refractivity (Wildman–Crippen MR) is 85.1 cm³/mol. The Morgan fingerprint density at radius 1 is 1.14 bits per heavy atom. The van der Waals surface area contributed by atoms with Gasteiger partial charge >= 0.3 is 0 Å². The van der Waals surface area contributed by atoms with Gasteiger partial charge in [0.25, 0.3) is 0 Å². The van der Waals surface area contributed by atoms with Gasteiger partial charge < -0.3 is 15.1 Å². The summed E-state index contributed by atoms with van der Waals surface area (Å²) in [5, 5.41) is 0. The molecular formula is C17H29N3O. The second-order valence-corrected chi connectivity index (χ2v) is 6.60. The molecule has 0 unspecified atom stereocenters. The topological polar surface area (TPSA) is 45.6 Å². The molecule has 21 heavy (non-hydrogen) atoms. The van der Waals surface area contributed by atoms with Gasteiger partial charge in [0.2, 0.25) is 0 Å². The Hall–Kier alpha value is -0.840. The molecule has 2 aliphatic heterocycles. The van der Waals surface area contributed by atoms with Crippen LogP contribution >= 0.6 is 0 Å². The quantitative estimate of drug-likeness (QED) is 0.926. The molecule has 2 N–H and O–H groups in total. The number of piperidine rings is 2. The number of nitrogens with two attached hydrogens (primary N) is 1. The van der Waals surface area contributed by atoms with E-state index in [9.17, 15) is 0 Å². The molecule has 3 rings (SSSR count). The van der Waals surface area contributed by atoms with Gasteiger partial charge in [0, 0.05) is 18.2 Å². The molecule has 4 heteroatoms. The molecule has 4 nitrogen and oxygen atoms in total. The van der Waals surface area contributed by atoms with Crippen molar-refractivity contribution in [2.75, 3.05) is 26.2 Å². The molecule has 2 fully saturated rings. The Labute approximate surface area is 128 Å². The highest BCUT2D eigenvalue weighted by molar-refractivity contribution is 5.20. The fourth-order valence-corrected chi connectivity index (χ4v) is 3.81. The van der Waals surface area contributed by atoms with Crippen LogP contribution in [0.25, 0.3) is 0 Å². The highest BCUT2D eigenvalue weighted by Crippen LogP contribution is 2.23. The van der Waals surface area contributed by atoms with Crippen molar-refractivity contribution in [1.82, 2.24) is 9.80 Å². The summed E-state index contributed by atoms with van der Waals surface area (Å²) in [6.07, 6.45) is 6.87. The van der Waals surface area contributed by atoms with E-state index >= 15 is 0 Å². The van der Waals surface area contributed by atoms with Crippen LogP contribution in [0.1, 0.15) is 49.2 Å². The zero-order valence-corrected chi connectivity index (χ0v) is 13.3. The molecule has 2 saturated heterocycles. The fourth-order valence-electron chi connectivity index (χ4n) is 3.81. The maximum atomic E-state index is 5.66. The number of hydrogen-bond donors (Lipinski definition) is 1. The molecule has 1 aromatic heterocycles. The third-order valence-corrected chi connectivity index (χ3v) is 5.13. The molecule has 0 spiro atoms. The lowest BCUT2D eigenvalue weighted by molar-refractivity contribution is 0.0894. The van der Waals surface area contributed by atoms with Gasteiger partial charge in [-0.1, -0.05) is 6.42 Å². The van der Waals surface area contributed by atoms with Gasteiger partial charge in [-0.3, -0.25) is 4.90 Å². The molecule has 0 saturated carbocycles. The average molecular weight is 291 g/mol. The molecular weight excluding hydrogens is 262 g/mol. The molecule has 0 bridgehead atoms. The lowest BCUT2D eigenvalue weighted by atomic mass is 9.99. The van der Waals surface area contributed by atoms with Crippen molar-refractivity contribution in [2.24, 2.45) is 5.73 Å². The van der Waals surface area contributed by atoms with Crippen LogP contribution in [0.5, 0.6) is 0 Å². The molecule has 1 aromatic rings. The molecule has 3 heterocycles. The van der Waals surface area contributed by atoms with Gasteiger partial charge in [0.15, 0.2) is 0 Å².